The average Bonchev–Trinajstić information content (AvgIpc) is 3.44. The third-order valence-corrected chi connectivity index (χ3v) is 8.49. The zero-order chi connectivity index (χ0) is 26.5. The maximum absolute atomic E-state index is 14.3. The highest BCUT2D eigenvalue weighted by Crippen LogP contribution is 2.38. The Kier molecular flexibility index (Phi) is 8.92. The van der Waals surface area contributed by atoms with Crippen LogP contribution in [0.3, 0.4) is 0 Å². The molecule has 1 N–H and O–H groups in total. The fourth-order valence-electron chi connectivity index (χ4n) is 6.10. The largest absolute Gasteiger partial charge is 0.468 e. The van der Waals surface area contributed by atoms with E-state index >= 15 is 0 Å². The van der Waals surface area contributed by atoms with Crippen molar-refractivity contribution in [3.05, 3.63) is 59.0 Å². The Morgan fingerprint density at radius 3 is 2.92 bits per heavy atom. The Bertz CT molecular complexity index is 1090. The van der Waals surface area contributed by atoms with Gasteiger partial charge in [0.2, 0.25) is 0 Å². The number of carbonyl (C=O) groups excluding carboxylic acids is 1. The summed E-state index contributed by atoms with van der Waals surface area (Å²) >= 11 is 0. The van der Waals surface area contributed by atoms with Gasteiger partial charge in [0.05, 0.1) is 19.8 Å². The lowest BCUT2D eigenvalue weighted by molar-refractivity contribution is -0.150. The second-order valence-corrected chi connectivity index (χ2v) is 10.9. The lowest BCUT2D eigenvalue weighted by atomic mass is 9.84. The maximum atomic E-state index is 14.3. The predicted molar refractivity (Wildman–Crippen MR) is 144 cm³/mol. The van der Waals surface area contributed by atoms with Crippen molar-refractivity contribution in [1.29, 1.82) is 0 Å². The molecule has 3 heterocycles. The van der Waals surface area contributed by atoms with E-state index in [0.29, 0.717) is 24.8 Å². The zero-order valence-corrected chi connectivity index (χ0v) is 22.5. The van der Waals surface area contributed by atoms with Gasteiger partial charge in [0, 0.05) is 37.4 Å². The van der Waals surface area contributed by atoms with Gasteiger partial charge in [-0.2, -0.15) is 0 Å². The molecule has 206 valence electrons. The van der Waals surface area contributed by atoms with Crippen molar-refractivity contribution in [2.75, 3.05) is 39.3 Å². The van der Waals surface area contributed by atoms with Crippen LogP contribution in [-0.2, 0) is 25.4 Å². The summed E-state index contributed by atoms with van der Waals surface area (Å²) < 4.78 is 31.2. The van der Waals surface area contributed by atoms with E-state index in [2.05, 4.69) is 16.4 Å². The molecule has 38 heavy (non-hydrogen) atoms. The first kappa shape index (κ1) is 27.0. The number of methoxy groups -OCH3 is 1. The van der Waals surface area contributed by atoms with Gasteiger partial charge in [0.15, 0.2) is 0 Å². The Morgan fingerprint density at radius 1 is 1.26 bits per heavy atom. The quantitative estimate of drug-likeness (QED) is 0.326. The van der Waals surface area contributed by atoms with Crippen molar-refractivity contribution in [3.63, 3.8) is 0 Å². The third kappa shape index (κ3) is 6.19. The zero-order valence-electron chi connectivity index (χ0n) is 22.5. The van der Waals surface area contributed by atoms with Crippen molar-refractivity contribution in [2.45, 2.75) is 81.5 Å². The van der Waals surface area contributed by atoms with Gasteiger partial charge in [0.25, 0.3) is 0 Å². The van der Waals surface area contributed by atoms with Crippen molar-refractivity contribution >= 4 is 11.8 Å². The molecule has 8 heteroatoms. The van der Waals surface area contributed by atoms with E-state index in [1.165, 1.54) is 24.8 Å². The fraction of sp³-hybridized carbons (Fsp3) is 0.600. The number of unbranched alkanes of at least 4 members (excludes halogenated alkanes) is 1. The summed E-state index contributed by atoms with van der Waals surface area (Å²) in [4.78, 5) is 19.4. The van der Waals surface area contributed by atoms with Gasteiger partial charge < -0.3 is 19.5 Å². The molecule has 1 aliphatic carbocycles. The molecule has 2 unspecified atom stereocenters. The van der Waals surface area contributed by atoms with Crippen molar-refractivity contribution < 1.29 is 23.4 Å². The van der Waals surface area contributed by atoms with E-state index in [4.69, 9.17) is 14.2 Å². The lowest BCUT2D eigenvalue weighted by Crippen LogP contribution is -2.49. The Balaban J connectivity index is 1.09. The number of anilines is 1. The first-order valence-electron chi connectivity index (χ1n) is 14.0. The van der Waals surface area contributed by atoms with Crippen LogP contribution in [0.15, 0.2) is 36.5 Å². The molecule has 1 aromatic carbocycles. The van der Waals surface area contributed by atoms with Crippen LogP contribution in [0.4, 0.5) is 10.2 Å². The number of hydrogen-bond acceptors (Lipinski definition) is 7. The maximum Gasteiger partial charge on any atom is 0.327 e. The lowest BCUT2D eigenvalue weighted by Gasteiger charge is -2.44. The van der Waals surface area contributed by atoms with Gasteiger partial charge in [-0.3, -0.25) is 4.90 Å². The summed E-state index contributed by atoms with van der Waals surface area (Å²) in [6, 6.07) is 8.93. The Morgan fingerprint density at radius 2 is 2.13 bits per heavy atom. The molecule has 1 aromatic heterocycles. The van der Waals surface area contributed by atoms with Gasteiger partial charge in [0.1, 0.15) is 17.7 Å². The van der Waals surface area contributed by atoms with E-state index in [9.17, 15) is 9.18 Å². The van der Waals surface area contributed by atoms with Gasteiger partial charge in [-0.15, -0.1) is 0 Å². The van der Waals surface area contributed by atoms with Crippen LogP contribution in [0.5, 0.6) is 0 Å². The number of likely N-dealkylation sites (N-methyl/N-ethyl adjacent to an activating group) is 1. The highest BCUT2D eigenvalue weighted by atomic mass is 19.1. The number of halogens is 1. The second-order valence-electron chi connectivity index (χ2n) is 10.9. The van der Waals surface area contributed by atoms with E-state index in [1.807, 2.05) is 24.2 Å². The average molecular weight is 526 g/mol. The SMILES string of the molecule is COC(=O)C(c1cc(F)ccc1C1CCOC1)N(C)C1CC(OCCCC[C@H]2CCc3cccnc3N2)C1. The number of aromatic nitrogens is 1. The number of esters is 1. The van der Waals surface area contributed by atoms with Crippen molar-refractivity contribution in [2.24, 2.45) is 0 Å². The number of pyridine rings is 1. The normalized spacial score (nSPS) is 25.4. The molecule has 2 aromatic rings. The number of aryl methyl sites for hydroxylation is 1. The van der Waals surface area contributed by atoms with Crippen molar-refractivity contribution in [3.8, 4) is 0 Å². The van der Waals surface area contributed by atoms with Crippen LogP contribution in [0.25, 0.3) is 0 Å². The monoisotopic (exact) mass is 525 g/mol. The molecule has 5 rings (SSSR count). The van der Waals surface area contributed by atoms with Crippen LogP contribution in [0, 0.1) is 5.82 Å². The topological polar surface area (TPSA) is 72.9 Å². The molecular weight excluding hydrogens is 485 g/mol. The summed E-state index contributed by atoms with van der Waals surface area (Å²) in [5.41, 5.74) is 2.98. The minimum atomic E-state index is -0.653. The van der Waals surface area contributed by atoms with Crippen LogP contribution in [0.1, 0.15) is 73.6 Å². The van der Waals surface area contributed by atoms with E-state index in [-0.39, 0.29) is 29.9 Å². The predicted octanol–water partition coefficient (Wildman–Crippen LogP) is 5.02. The van der Waals surface area contributed by atoms with Crippen LogP contribution in [-0.4, -0.2) is 68.0 Å². The minimum absolute atomic E-state index is 0.165. The van der Waals surface area contributed by atoms with E-state index in [1.54, 1.807) is 6.07 Å². The molecule has 1 saturated carbocycles. The molecule has 0 radical (unpaired) electrons. The van der Waals surface area contributed by atoms with E-state index in [0.717, 1.165) is 69.4 Å². The standard InChI is InChI=1S/C30H40FN3O4/c1-34(28(30(35)36-2)27-16-22(31)9-11-26(27)21-12-15-37-19-21)24-17-25(18-24)38-14-4-3-7-23-10-8-20-6-5-13-32-29(20)33-23/h5-6,9,11,13,16,21,23-25,28H,3-4,7-8,10,12,14-15,17-19H2,1-2H3,(H,32,33)/t21?,23-,24?,25?,28?/m0/s1. The first-order valence-corrected chi connectivity index (χ1v) is 14.0. The first-order chi connectivity index (χ1) is 18.5. The number of fused-ring (bicyclic) bond motifs is 1. The van der Waals surface area contributed by atoms with Gasteiger partial charge in [-0.25, -0.2) is 14.2 Å². The van der Waals surface area contributed by atoms with Crippen molar-refractivity contribution in [1.82, 2.24) is 9.88 Å². The van der Waals surface area contributed by atoms with Gasteiger partial charge in [-0.05, 0) is 93.3 Å². The summed E-state index contributed by atoms with van der Waals surface area (Å²) in [5.74, 6) is 0.496. The molecule has 2 fully saturated rings. The number of hydrogen-bond donors (Lipinski definition) is 1. The summed E-state index contributed by atoms with van der Waals surface area (Å²) in [7, 11) is 3.33. The molecule has 0 amide bonds. The summed E-state index contributed by atoms with van der Waals surface area (Å²) in [6.45, 7) is 2.03. The summed E-state index contributed by atoms with van der Waals surface area (Å²) in [5, 5.41) is 3.57. The Labute approximate surface area is 225 Å². The number of benzene rings is 1. The third-order valence-electron chi connectivity index (χ3n) is 8.49. The molecule has 1 saturated heterocycles. The van der Waals surface area contributed by atoms with Crippen LogP contribution in [0.2, 0.25) is 0 Å². The molecule has 0 spiro atoms. The molecule has 7 nitrogen and oxygen atoms in total. The fourth-order valence-corrected chi connectivity index (χ4v) is 6.10. The molecule has 3 atom stereocenters. The number of ether oxygens (including phenoxy) is 3. The summed E-state index contributed by atoms with van der Waals surface area (Å²) in [6.07, 6.45) is 10.1. The van der Waals surface area contributed by atoms with Crippen LogP contribution < -0.4 is 5.32 Å². The molecule has 0 bridgehead atoms. The minimum Gasteiger partial charge on any atom is -0.468 e. The van der Waals surface area contributed by atoms with Gasteiger partial charge >= 0.3 is 5.97 Å². The van der Waals surface area contributed by atoms with Crippen LogP contribution >= 0.6 is 0 Å². The second kappa shape index (κ2) is 12.5. The molecule has 3 aliphatic rings. The number of nitrogens with one attached hydrogen (secondary N) is 1. The number of carbonyl (C=O) groups is 1. The number of rotatable bonds is 11. The van der Waals surface area contributed by atoms with E-state index < -0.39 is 6.04 Å². The smallest absolute Gasteiger partial charge is 0.327 e. The Hall–Kier alpha value is -2.55. The highest BCUT2D eigenvalue weighted by molar-refractivity contribution is 5.78. The highest BCUT2D eigenvalue weighted by Gasteiger charge is 2.40. The van der Waals surface area contributed by atoms with Gasteiger partial charge in [-0.1, -0.05) is 12.1 Å². The number of nitrogens with zero attached hydrogens (tertiary/aromatic N) is 2. The molecule has 2 aliphatic heterocycles. The molecular formula is C30H40FN3O4.